The molecule has 0 aliphatic carbocycles. The fourth-order valence-electron chi connectivity index (χ4n) is 0.263. The summed E-state index contributed by atoms with van der Waals surface area (Å²) in [5, 5.41) is 0. The van der Waals surface area contributed by atoms with E-state index in [0.29, 0.717) is 6.54 Å². The zero-order valence-corrected chi connectivity index (χ0v) is 4.15. The van der Waals surface area contributed by atoms with Crippen molar-refractivity contribution < 1.29 is 0 Å². The predicted octanol–water partition coefficient (Wildman–Crippen LogP) is -0.318. The summed E-state index contributed by atoms with van der Waals surface area (Å²) in [5.74, 6) is 0. The molecule has 0 aromatic carbocycles. The second-order valence-electron chi connectivity index (χ2n) is 1.55. The van der Waals surface area contributed by atoms with Crippen LogP contribution < -0.4 is 11.5 Å². The van der Waals surface area contributed by atoms with E-state index in [9.17, 15) is 0 Å². The molecule has 0 radical (unpaired) electrons. The van der Waals surface area contributed by atoms with Crippen LogP contribution in [0.1, 0.15) is 13.3 Å². The van der Waals surface area contributed by atoms with Crippen LogP contribution >= 0.6 is 0 Å². The molecule has 6 heavy (non-hydrogen) atoms. The first-order valence-corrected chi connectivity index (χ1v) is 2.23. The van der Waals surface area contributed by atoms with Crippen molar-refractivity contribution in [1.29, 1.82) is 0 Å². The second-order valence-corrected chi connectivity index (χ2v) is 1.55. The molecular weight excluding hydrogens is 76.1 g/mol. The van der Waals surface area contributed by atoms with Crippen LogP contribution in [0.15, 0.2) is 0 Å². The number of hydrogen-bond donors (Lipinski definition) is 2. The van der Waals surface area contributed by atoms with Gasteiger partial charge in [0.1, 0.15) is 0 Å². The van der Waals surface area contributed by atoms with Gasteiger partial charge in [-0.25, -0.2) is 0 Å². The minimum Gasteiger partial charge on any atom is -0.330 e. The highest BCUT2D eigenvalue weighted by Gasteiger charge is 1.85. The van der Waals surface area contributed by atoms with Crippen LogP contribution in [0.4, 0.5) is 0 Å². The predicted molar refractivity (Wildman–Crippen MR) is 27.3 cm³/mol. The summed E-state index contributed by atoms with van der Waals surface area (Å²) < 4.78 is 0. The van der Waals surface area contributed by atoms with E-state index in [-0.39, 0.29) is 6.04 Å². The van der Waals surface area contributed by atoms with Gasteiger partial charge in [0.2, 0.25) is 0 Å². The van der Waals surface area contributed by atoms with Crippen molar-refractivity contribution in [3.05, 3.63) is 0 Å². The summed E-state index contributed by atoms with van der Waals surface area (Å²) in [4.78, 5) is 0. The number of hydrogen-bond acceptors (Lipinski definition) is 2. The Balaban J connectivity index is 2.63. The Kier molecular flexibility index (Phi) is 3.08. The van der Waals surface area contributed by atoms with E-state index in [4.69, 9.17) is 11.5 Å². The summed E-state index contributed by atoms with van der Waals surface area (Å²) in [6.07, 6.45) is 0.931. The molecule has 0 spiro atoms. The normalized spacial score (nSPS) is 14.5. The Hall–Kier alpha value is -0.0800. The van der Waals surface area contributed by atoms with Crippen molar-refractivity contribution in [3.8, 4) is 0 Å². The first-order chi connectivity index (χ1) is 2.77. The maximum atomic E-state index is 5.32. The lowest BCUT2D eigenvalue weighted by molar-refractivity contribution is 0.676. The van der Waals surface area contributed by atoms with E-state index in [2.05, 4.69) is 0 Å². The van der Waals surface area contributed by atoms with Gasteiger partial charge >= 0.3 is 0 Å². The molecule has 0 saturated heterocycles. The summed E-state index contributed by atoms with van der Waals surface area (Å²) in [5.41, 5.74) is 10.5. The van der Waals surface area contributed by atoms with Crippen LogP contribution in [-0.2, 0) is 0 Å². The number of rotatable bonds is 2. The van der Waals surface area contributed by atoms with Gasteiger partial charge in [-0.1, -0.05) is 0 Å². The fourth-order valence-corrected chi connectivity index (χ4v) is 0.263. The molecule has 0 unspecified atom stereocenters. The van der Waals surface area contributed by atoms with E-state index < -0.39 is 0 Å². The van der Waals surface area contributed by atoms with E-state index in [1.165, 1.54) is 0 Å². The molecule has 0 saturated carbocycles. The van der Waals surface area contributed by atoms with Gasteiger partial charge in [-0.2, -0.15) is 0 Å². The quantitative estimate of drug-likeness (QED) is 0.486. The molecule has 4 N–H and O–H groups in total. The molecule has 0 aromatic heterocycles. The average Bonchev–Trinajstić information content (AvgIpc) is 1.35. The standard InChI is InChI=1S/C4H12N2/c1-4(6)2-3-5/h4H,2-3,5-6H2,1H3/t4-/m0/s1. The van der Waals surface area contributed by atoms with Gasteiger partial charge in [-0.05, 0) is 19.9 Å². The molecular formula is C4H12N2. The molecule has 2 nitrogen and oxygen atoms in total. The SMILES string of the molecule is C[C@H](N)CCN. The zero-order chi connectivity index (χ0) is 4.99. The highest BCUT2D eigenvalue weighted by Crippen LogP contribution is 1.77. The molecule has 0 bridgehead atoms. The molecule has 0 rings (SSSR count). The molecule has 0 fully saturated rings. The lowest BCUT2D eigenvalue weighted by Crippen LogP contribution is -2.18. The highest BCUT2D eigenvalue weighted by molar-refractivity contribution is 4.50. The molecule has 0 aliphatic rings. The van der Waals surface area contributed by atoms with Gasteiger partial charge < -0.3 is 11.5 Å². The van der Waals surface area contributed by atoms with E-state index in [1.54, 1.807) is 0 Å². The van der Waals surface area contributed by atoms with Gasteiger partial charge in [-0.3, -0.25) is 0 Å². The number of nitrogens with two attached hydrogens (primary N) is 2. The summed E-state index contributed by atoms with van der Waals surface area (Å²) in [6, 6.07) is 0.273. The molecule has 2 heteroatoms. The van der Waals surface area contributed by atoms with Crippen LogP contribution in [0.3, 0.4) is 0 Å². The average molecular weight is 88.2 g/mol. The zero-order valence-electron chi connectivity index (χ0n) is 4.15. The topological polar surface area (TPSA) is 52.0 Å². The summed E-state index contributed by atoms with van der Waals surface area (Å²) >= 11 is 0. The largest absolute Gasteiger partial charge is 0.330 e. The Morgan fingerprint density at radius 3 is 2.17 bits per heavy atom. The molecule has 0 amide bonds. The Morgan fingerprint density at radius 1 is 1.67 bits per heavy atom. The molecule has 0 aromatic rings. The first kappa shape index (κ1) is 5.92. The third-order valence-corrected chi connectivity index (χ3v) is 0.622. The minimum atomic E-state index is 0.273. The van der Waals surface area contributed by atoms with Crippen molar-refractivity contribution in [2.45, 2.75) is 19.4 Å². The van der Waals surface area contributed by atoms with Crippen molar-refractivity contribution >= 4 is 0 Å². The monoisotopic (exact) mass is 88.1 g/mol. The van der Waals surface area contributed by atoms with Crippen molar-refractivity contribution in [3.63, 3.8) is 0 Å². The van der Waals surface area contributed by atoms with Gasteiger partial charge in [0.05, 0.1) is 0 Å². The molecule has 0 aliphatic heterocycles. The maximum absolute atomic E-state index is 5.32. The van der Waals surface area contributed by atoms with Crippen LogP contribution in [0.25, 0.3) is 0 Å². The fraction of sp³-hybridized carbons (Fsp3) is 1.00. The Bertz CT molecular complexity index is 26.7. The lowest BCUT2D eigenvalue weighted by atomic mass is 10.3. The van der Waals surface area contributed by atoms with Crippen LogP contribution in [0.2, 0.25) is 0 Å². The van der Waals surface area contributed by atoms with Gasteiger partial charge in [0.25, 0.3) is 0 Å². The van der Waals surface area contributed by atoms with Crippen molar-refractivity contribution in [2.75, 3.05) is 6.54 Å². The third kappa shape index (κ3) is 3.92. The highest BCUT2D eigenvalue weighted by atomic mass is 14.6. The van der Waals surface area contributed by atoms with Crippen LogP contribution in [0, 0.1) is 0 Å². The minimum absolute atomic E-state index is 0.273. The first-order valence-electron chi connectivity index (χ1n) is 2.23. The van der Waals surface area contributed by atoms with Crippen molar-refractivity contribution in [1.82, 2.24) is 0 Å². The maximum Gasteiger partial charge on any atom is 0.00224 e. The summed E-state index contributed by atoms with van der Waals surface area (Å²) in [6.45, 7) is 2.66. The van der Waals surface area contributed by atoms with Crippen LogP contribution in [-0.4, -0.2) is 12.6 Å². The van der Waals surface area contributed by atoms with Gasteiger partial charge in [0.15, 0.2) is 0 Å². The van der Waals surface area contributed by atoms with Gasteiger partial charge in [-0.15, -0.1) is 0 Å². The lowest BCUT2D eigenvalue weighted by Gasteiger charge is -1.96. The van der Waals surface area contributed by atoms with E-state index in [0.717, 1.165) is 6.42 Å². The van der Waals surface area contributed by atoms with Gasteiger partial charge in [0, 0.05) is 6.04 Å². The second kappa shape index (κ2) is 3.12. The smallest absolute Gasteiger partial charge is 0.00224 e. The third-order valence-electron chi connectivity index (χ3n) is 0.622. The van der Waals surface area contributed by atoms with E-state index in [1.807, 2.05) is 6.92 Å². The Labute approximate surface area is 38.5 Å². The van der Waals surface area contributed by atoms with E-state index >= 15 is 0 Å². The van der Waals surface area contributed by atoms with Crippen molar-refractivity contribution in [2.24, 2.45) is 11.5 Å². The summed E-state index contributed by atoms with van der Waals surface area (Å²) in [7, 11) is 0. The van der Waals surface area contributed by atoms with Crippen LogP contribution in [0.5, 0.6) is 0 Å². The Morgan fingerprint density at radius 2 is 2.17 bits per heavy atom. The molecule has 1 atom stereocenters. The molecule has 38 valence electrons. The molecule has 0 heterocycles.